The van der Waals surface area contributed by atoms with Gasteiger partial charge in [-0.15, -0.1) is 0 Å². The van der Waals surface area contributed by atoms with E-state index in [-0.39, 0.29) is 11.3 Å². The van der Waals surface area contributed by atoms with Crippen LogP contribution in [0.5, 0.6) is 5.75 Å². The normalized spacial score (nSPS) is 35.4. The molecule has 1 spiro atoms. The van der Waals surface area contributed by atoms with E-state index in [4.69, 9.17) is 9.72 Å². The molecule has 190 valence electrons. The van der Waals surface area contributed by atoms with Crippen molar-refractivity contribution in [3.63, 3.8) is 0 Å². The number of fused-ring (bicyclic) bond motifs is 3. The average molecular weight is 489 g/mol. The van der Waals surface area contributed by atoms with Crippen LogP contribution in [0.25, 0.3) is 0 Å². The molecule has 2 saturated heterocycles. The molecular weight excluding hydrogens is 452 g/mol. The van der Waals surface area contributed by atoms with Crippen LogP contribution in [0.3, 0.4) is 0 Å². The smallest absolute Gasteiger partial charge is 0.235 e. The third-order valence-corrected chi connectivity index (χ3v) is 9.70. The number of anilines is 2. The number of amides is 1. The highest BCUT2D eigenvalue weighted by molar-refractivity contribution is 6.09. The quantitative estimate of drug-likeness (QED) is 0.611. The lowest BCUT2D eigenvalue weighted by atomic mass is 9.72. The van der Waals surface area contributed by atoms with E-state index >= 15 is 0 Å². The van der Waals surface area contributed by atoms with Crippen molar-refractivity contribution < 1.29 is 9.53 Å². The highest BCUT2D eigenvalue weighted by atomic mass is 16.5. The van der Waals surface area contributed by atoms with Crippen LogP contribution in [0.4, 0.5) is 11.5 Å². The van der Waals surface area contributed by atoms with Crippen LogP contribution in [0.1, 0.15) is 42.9 Å². The maximum Gasteiger partial charge on any atom is 0.235 e. The number of carbonyl (C=O) groups is 1. The first-order valence-corrected chi connectivity index (χ1v) is 13.5. The number of nitrogens with zero attached hydrogens (tertiary/aromatic N) is 3. The SMILES string of the molecule is COc1ccc2c(c1)[C@]1(CC1C1CCC3C(C1)NNC3c1ccnc(N3CCN(C)CC3)c1)C(=O)N2. The topological polar surface area (TPSA) is 81.8 Å². The third kappa shape index (κ3) is 3.45. The van der Waals surface area contributed by atoms with Crippen molar-refractivity contribution in [2.45, 2.75) is 43.2 Å². The Kier molecular flexibility index (Phi) is 5.27. The fourth-order valence-electron chi connectivity index (χ4n) is 7.54. The number of benzene rings is 1. The van der Waals surface area contributed by atoms with E-state index in [1.54, 1.807) is 7.11 Å². The standard InChI is InChI=1S/C28H36N6O2/c1-33-9-11-34(12-10-33)25-14-18(7-8-29-25)26-20-5-3-17(13-24(20)31-32-26)22-16-28(22)21-15-19(36-2)4-6-23(21)30-27(28)35/h4,6-8,14-15,17,20,22,24,26,31-32H,3,5,9-13,16H2,1-2H3,(H,30,35)/t17?,20?,22?,24?,26?,28-/m0/s1. The van der Waals surface area contributed by atoms with Gasteiger partial charge in [0, 0.05) is 44.1 Å². The summed E-state index contributed by atoms with van der Waals surface area (Å²) in [5.41, 5.74) is 10.4. The summed E-state index contributed by atoms with van der Waals surface area (Å²) in [6.07, 6.45) is 6.39. The minimum Gasteiger partial charge on any atom is -0.497 e. The number of rotatable bonds is 4. The molecule has 4 fully saturated rings. The predicted octanol–water partition coefficient (Wildman–Crippen LogP) is 2.69. The van der Waals surface area contributed by atoms with Gasteiger partial charge in [0.25, 0.3) is 0 Å². The van der Waals surface area contributed by atoms with Crippen LogP contribution in [-0.4, -0.2) is 62.2 Å². The Morgan fingerprint density at radius 1 is 1.08 bits per heavy atom. The van der Waals surface area contributed by atoms with E-state index in [2.05, 4.69) is 51.2 Å². The van der Waals surface area contributed by atoms with Gasteiger partial charge in [0.05, 0.1) is 18.6 Å². The molecule has 3 N–H and O–H groups in total. The summed E-state index contributed by atoms with van der Waals surface area (Å²) in [5.74, 6) is 3.64. The Balaban J connectivity index is 1.05. The van der Waals surface area contributed by atoms with Crippen LogP contribution in [-0.2, 0) is 10.2 Å². The molecule has 2 aromatic rings. The van der Waals surface area contributed by atoms with Crippen molar-refractivity contribution in [3.8, 4) is 5.75 Å². The summed E-state index contributed by atoms with van der Waals surface area (Å²) in [6, 6.07) is 11.2. The van der Waals surface area contributed by atoms with Crippen LogP contribution in [0.2, 0.25) is 0 Å². The molecule has 0 radical (unpaired) electrons. The Labute approximate surface area is 212 Å². The lowest BCUT2D eigenvalue weighted by Crippen LogP contribution is -2.44. The van der Waals surface area contributed by atoms with Gasteiger partial charge in [-0.3, -0.25) is 10.2 Å². The van der Waals surface area contributed by atoms with E-state index in [1.807, 2.05) is 18.3 Å². The zero-order valence-corrected chi connectivity index (χ0v) is 21.2. The molecule has 2 saturated carbocycles. The largest absolute Gasteiger partial charge is 0.497 e. The first kappa shape index (κ1) is 22.5. The van der Waals surface area contributed by atoms with Gasteiger partial charge in [0.1, 0.15) is 11.6 Å². The van der Waals surface area contributed by atoms with Gasteiger partial charge in [0.15, 0.2) is 0 Å². The molecule has 1 aromatic heterocycles. The first-order chi connectivity index (χ1) is 17.6. The lowest BCUT2D eigenvalue weighted by molar-refractivity contribution is -0.118. The van der Waals surface area contributed by atoms with Gasteiger partial charge < -0.3 is 19.9 Å². The van der Waals surface area contributed by atoms with Crippen molar-refractivity contribution in [2.24, 2.45) is 17.8 Å². The fraction of sp³-hybridized carbons (Fsp3) is 0.571. The molecule has 36 heavy (non-hydrogen) atoms. The van der Waals surface area contributed by atoms with Crippen LogP contribution in [0.15, 0.2) is 36.5 Å². The van der Waals surface area contributed by atoms with Crippen molar-refractivity contribution in [2.75, 3.05) is 50.6 Å². The number of hydrogen-bond donors (Lipinski definition) is 3. The zero-order valence-electron chi connectivity index (χ0n) is 21.2. The van der Waals surface area contributed by atoms with Crippen LogP contribution < -0.4 is 25.8 Å². The van der Waals surface area contributed by atoms with E-state index < -0.39 is 0 Å². The van der Waals surface area contributed by atoms with E-state index in [1.165, 1.54) is 18.4 Å². The van der Waals surface area contributed by atoms with Gasteiger partial charge in [-0.05, 0) is 91.9 Å². The zero-order chi connectivity index (χ0) is 24.4. The van der Waals surface area contributed by atoms with Crippen molar-refractivity contribution in [1.82, 2.24) is 20.7 Å². The Morgan fingerprint density at radius 2 is 1.94 bits per heavy atom. The molecule has 0 bridgehead atoms. The molecule has 1 amide bonds. The Bertz CT molecular complexity index is 1180. The molecule has 6 atom stereocenters. The Hall–Kier alpha value is -2.68. The summed E-state index contributed by atoms with van der Waals surface area (Å²) >= 11 is 0. The minimum atomic E-state index is -0.352. The van der Waals surface area contributed by atoms with Gasteiger partial charge >= 0.3 is 0 Å². The van der Waals surface area contributed by atoms with Crippen molar-refractivity contribution in [3.05, 3.63) is 47.7 Å². The van der Waals surface area contributed by atoms with E-state index in [0.717, 1.165) is 61.8 Å². The lowest BCUT2D eigenvalue weighted by Gasteiger charge is -2.35. The summed E-state index contributed by atoms with van der Waals surface area (Å²) in [5, 5.41) is 3.15. The second-order valence-corrected chi connectivity index (χ2v) is 11.5. The number of ether oxygens (including phenoxy) is 1. The fourth-order valence-corrected chi connectivity index (χ4v) is 7.54. The van der Waals surface area contributed by atoms with Crippen LogP contribution in [0, 0.1) is 17.8 Å². The van der Waals surface area contributed by atoms with Crippen molar-refractivity contribution in [1.29, 1.82) is 0 Å². The number of aromatic nitrogens is 1. The van der Waals surface area contributed by atoms with E-state index in [9.17, 15) is 4.79 Å². The summed E-state index contributed by atoms with van der Waals surface area (Å²) in [7, 11) is 3.88. The molecule has 5 unspecified atom stereocenters. The molecular formula is C28H36N6O2. The second-order valence-electron chi connectivity index (χ2n) is 11.5. The molecule has 7 rings (SSSR count). The summed E-state index contributed by atoms with van der Waals surface area (Å²) in [4.78, 5) is 22.6. The maximum atomic E-state index is 13.1. The number of hydrazine groups is 1. The molecule has 5 aliphatic rings. The van der Waals surface area contributed by atoms with Crippen LogP contribution >= 0.6 is 0 Å². The number of likely N-dealkylation sites (N-methyl/N-ethyl adjacent to an activating group) is 1. The maximum absolute atomic E-state index is 13.1. The van der Waals surface area contributed by atoms with Gasteiger partial charge in [-0.1, -0.05) is 0 Å². The number of piperazine rings is 1. The summed E-state index contributed by atoms with van der Waals surface area (Å²) in [6.45, 7) is 4.23. The number of carbonyl (C=O) groups excluding carboxylic acids is 1. The van der Waals surface area contributed by atoms with E-state index in [0.29, 0.717) is 29.8 Å². The monoisotopic (exact) mass is 488 g/mol. The molecule has 3 aliphatic heterocycles. The highest BCUT2D eigenvalue weighted by Gasteiger charge is 2.67. The van der Waals surface area contributed by atoms with Gasteiger partial charge in [0.2, 0.25) is 5.91 Å². The highest BCUT2D eigenvalue weighted by Crippen LogP contribution is 2.65. The number of methoxy groups -OCH3 is 1. The minimum absolute atomic E-state index is 0.182. The third-order valence-electron chi connectivity index (χ3n) is 9.70. The summed E-state index contributed by atoms with van der Waals surface area (Å²) < 4.78 is 5.47. The molecule has 1 aromatic carbocycles. The van der Waals surface area contributed by atoms with Gasteiger partial charge in [-0.2, -0.15) is 0 Å². The number of pyridine rings is 1. The first-order valence-electron chi connectivity index (χ1n) is 13.5. The average Bonchev–Trinajstić information content (AvgIpc) is 3.43. The van der Waals surface area contributed by atoms with Crippen molar-refractivity contribution >= 4 is 17.4 Å². The van der Waals surface area contributed by atoms with Gasteiger partial charge in [-0.25, -0.2) is 10.4 Å². The molecule has 8 heteroatoms. The molecule has 2 aliphatic carbocycles. The molecule has 8 nitrogen and oxygen atoms in total. The molecule has 4 heterocycles. The Morgan fingerprint density at radius 3 is 2.78 bits per heavy atom. The number of hydrogen-bond acceptors (Lipinski definition) is 7. The predicted molar refractivity (Wildman–Crippen MR) is 139 cm³/mol. The number of nitrogens with one attached hydrogen (secondary N) is 3. The second kappa shape index (κ2) is 8.43.